The average molecular weight is 430 g/mol. The summed E-state index contributed by atoms with van der Waals surface area (Å²) in [6.07, 6.45) is 6.22. The average Bonchev–Trinajstić information content (AvgIpc) is 3.13. The molecule has 2 heterocycles. The quantitative estimate of drug-likeness (QED) is 0.452. The van der Waals surface area contributed by atoms with Gasteiger partial charge < -0.3 is 14.8 Å². The molecule has 8 heteroatoms. The predicted molar refractivity (Wildman–Crippen MR) is 118 cm³/mol. The molecule has 3 aromatic rings. The van der Waals surface area contributed by atoms with E-state index >= 15 is 0 Å². The minimum Gasteiger partial charge on any atom is -0.497 e. The molecule has 1 aromatic carbocycles. The summed E-state index contributed by atoms with van der Waals surface area (Å²) in [6.45, 7) is 1.89. The summed E-state index contributed by atoms with van der Waals surface area (Å²) in [7, 11) is 3.17. The zero-order valence-electron chi connectivity index (χ0n) is 16.7. The minimum absolute atomic E-state index is 0.114. The molecule has 0 spiro atoms. The number of rotatable bonds is 6. The lowest BCUT2D eigenvalue weighted by Gasteiger charge is -2.16. The second-order valence-corrected chi connectivity index (χ2v) is 9.30. The number of hydrogen-bond acceptors (Lipinski definition) is 7. The number of aryl methyl sites for hydroxylation is 2. The Kier molecular flexibility index (Phi) is 5.91. The first-order chi connectivity index (χ1) is 14.1. The Labute approximate surface area is 178 Å². The van der Waals surface area contributed by atoms with E-state index in [0.717, 1.165) is 28.1 Å². The van der Waals surface area contributed by atoms with Crippen molar-refractivity contribution < 1.29 is 14.3 Å². The molecule has 0 bridgehead atoms. The first kappa shape index (κ1) is 20.0. The smallest absolute Gasteiger partial charge is 0.237 e. The lowest BCUT2D eigenvalue weighted by Crippen LogP contribution is -2.23. The van der Waals surface area contributed by atoms with Crippen LogP contribution < -0.4 is 14.8 Å². The molecule has 0 aliphatic heterocycles. The maximum absolute atomic E-state index is 12.9. The fourth-order valence-electron chi connectivity index (χ4n) is 3.52. The van der Waals surface area contributed by atoms with Gasteiger partial charge in [0.25, 0.3) is 0 Å². The van der Waals surface area contributed by atoms with E-state index in [4.69, 9.17) is 9.47 Å². The summed E-state index contributed by atoms with van der Waals surface area (Å²) in [6, 6.07) is 5.33. The number of ether oxygens (including phenoxy) is 2. The Hall–Kier alpha value is -2.32. The number of aromatic nitrogens is 2. The van der Waals surface area contributed by atoms with E-state index in [-0.39, 0.29) is 11.2 Å². The first-order valence-electron chi connectivity index (χ1n) is 9.55. The van der Waals surface area contributed by atoms with Gasteiger partial charge in [-0.25, -0.2) is 9.97 Å². The molecule has 0 saturated heterocycles. The lowest BCUT2D eigenvalue weighted by atomic mass is 9.97. The Balaban J connectivity index is 1.56. The van der Waals surface area contributed by atoms with Gasteiger partial charge in [0.05, 0.1) is 25.2 Å². The van der Waals surface area contributed by atoms with Gasteiger partial charge in [-0.15, -0.1) is 11.3 Å². The predicted octanol–water partition coefficient (Wildman–Crippen LogP) is 4.71. The molecule has 1 amide bonds. The second kappa shape index (κ2) is 8.59. The highest BCUT2D eigenvalue weighted by Gasteiger charge is 2.23. The van der Waals surface area contributed by atoms with Gasteiger partial charge in [0.1, 0.15) is 27.7 Å². The van der Waals surface area contributed by atoms with Crippen LogP contribution in [0.5, 0.6) is 11.5 Å². The van der Waals surface area contributed by atoms with Crippen molar-refractivity contribution in [2.24, 2.45) is 0 Å². The van der Waals surface area contributed by atoms with Crippen molar-refractivity contribution in [2.75, 3.05) is 19.5 Å². The van der Waals surface area contributed by atoms with Crippen molar-refractivity contribution in [3.8, 4) is 11.5 Å². The van der Waals surface area contributed by atoms with Gasteiger partial charge in [0.15, 0.2) is 0 Å². The number of anilines is 1. The van der Waals surface area contributed by atoms with Gasteiger partial charge in [-0.3, -0.25) is 4.79 Å². The van der Waals surface area contributed by atoms with E-state index in [2.05, 4.69) is 15.3 Å². The molecule has 0 fully saturated rings. The summed E-state index contributed by atoms with van der Waals surface area (Å²) in [5.74, 6) is 1.13. The number of amides is 1. The Morgan fingerprint density at radius 3 is 2.83 bits per heavy atom. The Morgan fingerprint density at radius 1 is 1.21 bits per heavy atom. The molecule has 1 unspecified atom stereocenters. The molecule has 152 valence electrons. The number of methoxy groups -OCH3 is 2. The van der Waals surface area contributed by atoms with Crippen LogP contribution in [0.25, 0.3) is 10.2 Å². The largest absolute Gasteiger partial charge is 0.497 e. The third-order valence-electron chi connectivity index (χ3n) is 5.04. The molecule has 0 saturated carbocycles. The van der Waals surface area contributed by atoms with Gasteiger partial charge in [0, 0.05) is 16.3 Å². The number of carbonyl (C=O) groups excluding carboxylic acids is 1. The van der Waals surface area contributed by atoms with Crippen molar-refractivity contribution >= 4 is 44.9 Å². The number of nitrogens with one attached hydrogen (secondary N) is 1. The summed E-state index contributed by atoms with van der Waals surface area (Å²) in [5.41, 5.74) is 1.96. The lowest BCUT2D eigenvalue weighted by molar-refractivity contribution is -0.115. The van der Waals surface area contributed by atoms with E-state index in [1.165, 1.54) is 35.0 Å². The summed E-state index contributed by atoms with van der Waals surface area (Å²) < 4.78 is 10.6. The SMILES string of the molecule is COc1ccc(OC)c(NC(=O)C(C)Sc2ncnc3sc4c(c23)CCCC4)c1. The molecule has 1 atom stereocenters. The fraction of sp³-hybridized carbons (Fsp3) is 0.381. The van der Waals surface area contributed by atoms with Gasteiger partial charge in [-0.05, 0) is 50.3 Å². The highest BCUT2D eigenvalue weighted by atomic mass is 32.2. The highest BCUT2D eigenvalue weighted by Crippen LogP contribution is 2.40. The van der Waals surface area contributed by atoms with Crippen molar-refractivity contribution in [3.63, 3.8) is 0 Å². The van der Waals surface area contributed by atoms with Crippen LogP contribution in [0.1, 0.15) is 30.2 Å². The molecule has 6 nitrogen and oxygen atoms in total. The highest BCUT2D eigenvalue weighted by molar-refractivity contribution is 8.00. The third kappa shape index (κ3) is 4.04. The van der Waals surface area contributed by atoms with E-state index in [1.54, 1.807) is 50.1 Å². The van der Waals surface area contributed by atoms with E-state index in [0.29, 0.717) is 17.2 Å². The van der Waals surface area contributed by atoms with Gasteiger partial charge >= 0.3 is 0 Å². The van der Waals surface area contributed by atoms with Crippen LogP contribution in [-0.2, 0) is 17.6 Å². The Bertz CT molecular complexity index is 1050. The molecule has 29 heavy (non-hydrogen) atoms. The van der Waals surface area contributed by atoms with E-state index in [9.17, 15) is 4.79 Å². The summed E-state index contributed by atoms with van der Waals surface area (Å²) in [5, 5.41) is 4.64. The normalized spacial score (nSPS) is 14.3. The van der Waals surface area contributed by atoms with Crippen molar-refractivity contribution in [1.29, 1.82) is 0 Å². The number of benzene rings is 1. The number of thiophene rings is 1. The molecule has 1 aliphatic rings. The first-order valence-corrected chi connectivity index (χ1v) is 11.2. The van der Waals surface area contributed by atoms with Crippen LogP contribution in [0.15, 0.2) is 29.6 Å². The van der Waals surface area contributed by atoms with E-state index in [1.807, 2.05) is 6.92 Å². The van der Waals surface area contributed by atoms with Crippen LogP contribution in [0.3, 0.4) is 0 Å². The van der Waals surface area contributed by atoms with Crippen LogP contribution in [0.4, 0.5) is 5.69 Å². The molecule has 1 aliphatic carbocycles. The fourth-order valence-corrected chi connectivity index (χ4v) is 5.76. The second-order valence-electron chi connectivity index (χ2n) is 6.89. The summed E-state index contributed by atoms with van der Waals surface area (Å²) >= 11 is 3.24. The maximum Gasteiger partial charge on any atom is 0.237 e. The molecule has 2 aromatic heterocycles. The number of carbonyl (C=O) groups is 1. The standard InChI is InChI=1S/C21H23N3O3S2/c1-12(19(25)24-15-10-13(26-2)8-9-16(15)27-3)28-20-18-14-6-4-5-7-17(14)29-21(18)23-11-22-20/h8-12H,4-7H2,1-3H3,(H,24,25). The topological polar surface area (TPSA) is 73.3 Å². The molecular formula is C21H23N3O3S2. The Morgan fingerprint density at radius 2 is 2.03 bits per heavy atom. The minimum atomic E-state index is -0.330. The number of nitrogens with zero attached hydrogens (tertiary/aromatic N) is 2. The monoisotopic (exact) mass is 429 g/mol. The maximum atomic E-state index is 12.9. The van der Waals surface area contributed by atoms with Crippen molar-refractivity contribution in [1.82, 2.24) is 9.97 Å². The molecule has 0 radical (unpaired) electrons. The number of thioether (sulfide) groups is 1. The van der Waals surface area contributed by atoms with Crippen LogP contribution in [0.2, 0.25) is 0 Å². The van der Waals surface area contributed by atoms with Gasteiger partial charge in [-0.1, -0.05) is 11.8 Å². The number of fused-ring (bicyclic) bond motifs is 3. The van der Waals surface area contributed by atoms with Crippen molar-refractivity contribution in [2.45, 2.75) is 42.9 Å². The van der Waals surface area contributed by atoms with Crippen LogP contribution >= 0.6 is 23.1 Å². The van der Waals surface area contributed by atoms with Crippen LogP contribution in [0, 0.1) is 0 Å². The molecular weight excluding hydrogens is 406 g/mol. The molecule has 4 rings (SSSR count). The zero-order valence-corrected chi connectivity index (χ0v) is 18.3. The number of hydrogen-bond donors (Lipinski definition) is 1. The third-order valence-corrected chi connectivity index (χ3v) is 7.34. The summed E-state index contributed by atoms with van der Waals surface area (Å²) in [4.78, 5) is 24.3. The van der Waals surface area contributed by atoms with E-state index < -0.39 is 0 Å². The van der Waals surface area contributed by atoms with Crippen molar-refractivity contribution in [3.05, 3.63) is 35.0 Å². The van der Waals surface area contributed by atoms with Crippen LogP contribution in [-0.4, -0.2) is 35.3 Å². The van der Waals surface area contributed by atoms with Gasteiger partial charge in [-0.2, -0.15) is 0 Å². The zero-order chi connectivity index (χ0) is 20.4. The molecule has 1 N–H and O–H groups in total. The van der Waals surface area contributed by atoms with Gasteiger partial charge in [0.2, 0.25) is 5.91 Å².